The van der Waals surface area contributed by atoms with E-state index < -0.39 is 0 Å². The zero-order valence-electron chi connectivity index (χ0n) is 10.0. The lowest BCUT2D eigenvalue weighted by molar-refractivity contribution is 0.369. The zero-order chi connectivity index (χ0) is 11.4. The van der Waals surface area contributed by atoms with Crippen molar-refractivity contribution in [3.05, 3.63) is 18.0 Å². The van der Waals surface area contributed by atoms with E-state index in [4.69, 9.17) is 11.6 Å². The van der Waals surface area contributed by atoms with Crippen LogP contribution >= 0.6 is 11.6 Å². The summed E-state index contributed by atoms with van der Waals surface area (Å²) in [5.41, 5.74) is 1.35. The Balaban J connectivity index is 1.94. The predicted molar refractivity (Wildman–Crippen MR) is 67.8 cm³/mol. The molecular weight excluding hydrogens is 220 g/mol. The Labute approximate surface area is 103 Å². The van der Waals surface area contributed by atoms with Gasteiger partial charge in [0.2, 0.25) is 0 Å². The first-order valence-electron chi connectivity index (χ1n) is 6.40. The highest BCUT2D eigenvalue weighted by molar-refractivity contribution is 6.18. The molecule has 1 aromatic heterocycles. The van der Waals surface area contributed by atoms with Crippen molar-refractivity contribution in [3.8, 4) is 0 Å². The highest BCUT2D eigenvalue weighted by Gasteiger charge is 2.24. The second-order valence-corrected chi connectivity index (χ2v) is 5.18. The Morgan fingerprint density at radius 2 is 2.25 bits per heavy atom. The van der Waals surface area contributed by atoms with Crippen LogP contribution in [0.3, 0.4) is 0 Å². The van der Waals surface area contributed by atoms with Crippen molar-refractivity contribution in [1.82, 2.24) is 9.78 Å². The summed E-state index contributed by atoms with van der Waals surface area (Å²) in [5.74, 6) is 2.29. The summed E-state index contributed by atoms with van der Waals surface area (Å²) in [7, 11) is 0. The van der Waals surface area contributed by atoms with Gasteiger partial charge >= 0.3 is 0 Å². The zero-order valence-corrected chi connectivity index (χ0v) is 10.8. The lowest BCUT2D eigenvalue weighted by atomic mass is 9.88. The molecule has 1 aromatic rings. The smallest absolute Gasteiger partial charge is 0.0521 e. The summed E-state index contributed by atoms with van der Waals surface area (Å²) in [4.78, 5) is 0. The summed E-state index contributed by atoms with van der Waals surface area (Å²) in [6.45, 7) is 3.07. The maximum atomic E-state index is 6.11. The van der Waals surface area contributed by atoms with Gasteiger partial charge in [-0.25, -0.2) is 0 Å². The van der Waals surface area contributed by atoms with Crippen molar-refractivity contribution in [2.24, 2.45) is 11.8 Å². The maximum absolute atomic E-state index is 6.11. The number of halogens is 1. The lowest BCUT2D eigenvalue weighted by Crippen LogP contribution is -2.16. The number of aromatic nitrogens is 2. The van der Waals surface area contributed by atoms with E-state index in [9.17, 15) is 0 Å². The molecule has 0 bridgehead atoms. The van der Waals surface area contributed by atoms with Gasteiger partial charge in [0.1, 0.15) is 0 Å². The van der Waals surface area contributed by atoms with Gasteiger partial charge in [-0.2, -0.15) is 5.10 Å². The monoisotopic (exact) mass is 240 g/mol. The van der Waals surface area contributed by atoms with Crippen LogP contribution in [0.2, 0.25) is 0 Å². The molecule has 0 spiro atoms. The van der Waals surface area contributed by atoms with E-state index >= 15 is 0 Å². The minimum absolute atomic E-state index is 0.652. The van der Waals surface area contributed by atoms with E-state index in [-0.39, 0.29) is 0 Å². The fourth-order valence-electron chi connectivity index (χ4n) is 2.76. The minimum atomic E-state index is 0.652. The molecule has 2 nitrogen and oxygen atoms in total. The lowest BCUT2D eigenvalue weighted by Gasteiger charge is -2.20. The second kappa shape index (κ2) is 5.72. The molecular formula is C13H21ClN2. The van der Waals surface area contributed by atoms with Crippen molar-refractivity contribution < 1.29 is 0 Å². The Bertz CT molecular complexity index is 315. The first kappa shape index (κ1) is 12.0. The average molecular weight is 241 g/mol. The molecule has 1 atom stereocenters. The molecule has 0 saturated heterocycles. The van der Waals surface area contributed by atoms with Crippen molar-refractivity contribution in [2.45, 2.75) is 45.6 Å². The Hall–Kier alpha value is -0.500. The quantitative estimate of drug-likeness (QED) is 0.721. The van der Waals surface area contributed by atoms with Crippen molar-refractivity contribution in [3.63, 3.8) is 0 Å². The summed E-state index contributed by atoms with van der Waals surface area (Å²) < 4.78 is 2.00. The van der Waals surface area contributed by atoms with Crippen LogP contribution in [0.25, 0.3) is 0 Å². The van der Waals surface area contributed by atoms with Crippen LogP contribution in [-0.2, 0) is 13.0 Å². The van der Waals surface area contributed by atoms with Gasteiger partial charge in [0.05, 0.1) is 6.20 Å². The molecule has 16 heavy (non-hydrogen) atoms. The third kappa shape index (κ3) is 2.79. The van der Waals surface area contributed by atoms with Gasteiger partial charge in [0, 0.05) is 18.6 Å². The van der Waals surface area contributed by atoms with Gasteiger partial charge in [0.25, 0.3) is 0 Å². The fraction of sp³-hybridized carbons (Fsp3) is 0.769. The molecule has 0 radical (unpaired) electrons. The van der Waals surface area contributed by atoms with E-state index in [1.165, 1.54) is 31.2 Å². The first-order chi connectivity index (χ1) is 7.83. The highest BCUT2D eigenvalue weighted by atomic mass is 35.5. The van der Waals surface area contributed by atoms with Crippen LogP contribution < -0.4 is 0 Å². The second-order valence-electron chi connectivity index (χ2n) is 4.87. The van der Waals surface area contributed by atoms with Crippen molar-refractivity contribution in [1.29, 1.82) is 0 Å². The third-order valence-corrected chi connectivity index (χ3v) is 4.17. The van der Waals surface area contributed by atoms with Gasteiger partial charge in [-0.15, -0.1) is 11.6 Å². The number of alkyl halides is 1. The molecule has 2 rings (SSSR count). The highest BCUT2D eigenvalue weighted by Crippen LogP contribution is 2.33. The Kier molecular flexibility index (Phi) is 4.28. The maximum Gasteiger partial charge on any atom is 0.0521 e. The molecule has 1 fully saturated rings. The van der Waals surface area contributed by atoms with Crippen LogP contribution in [0, 0.1) is 11.8 Å². The summed E-state index contributed by atoms with van der Waals surface area (Å²) in [6.07, 6.45) is 10.8. The average Bonchev–Trinajstić information content (AvgIpc) is 2.96. The van der Waals surface area contributed by atoms with E-state index in [1.807, 2.05) is 10.9 Å². The van der Waals surface area contributed by atoms with E-state index in [1.54, 1.807) is 0 Å². The molecule has 0 amide bonds. The summed E-state index contributed by atoms with van der Waals surface area (Å²) in [6, 6.07) is 0. The molecule has 1 unspecified atom stereocenters. The van der Waals surface area contributed by atoms with Gasteiger partial charge in [-0.05, 0) is 30.7 Å². The predicted octanol–water partition coefficient (Wildman–Crippen LogP) is 3.49. The standard InChI is InChI=1S/C13H21ClN2/c1-2-16-10-11(9-15-16)7-13(8-14)12-5-3-4-6-12/h9-10,12-13H,2-8H2,1H3. The molecule has 0 N–H and O–H groups in total. The molecule has 1 heterocycles. The SMILES string of the molecule is CCn1cc(CC(CCl)C2CCCC2)cn1. The normalized spacial score (nSPS) is 19.1. The van der Waals surface area contributed by atoms with Gasteiger partial charge in [-0.3, -0.25) is 4.68 Å². The molecule has 0 aromatic carbocycles. The van der Waals surface area contributed by atoms with E-state index in [2.05, 4.69) is 18.2 Å². The van der Waals surface area contributed by atoms with Crippen LogP contribution in [0.4, 0.5) is 0 Å². The fourth-order valence-corrected chi connectivity index (χ4v) is 3.12. The van der Waals surface area contributed by atoms with Crippen LogP contribution in [0.5, 0.6) is 0 Å². The largest absolute Gasteiger partial charge is 0.273 e. The molecule has 0 aliphatic heterocycles. The number of rotatable bonds is 5. The van der Waals surface area contributed by atoms with E-state index in [0.717, 1.165) is 24.8 Å². The van der Waals surface area contributed by atoms with E-state index in [0.29, 0.717) is 5.92 Å². The number of hydrogen-bond donors (Lipinski definition) is 0. The molecule has 90 valence electrons. The Morgan fingerprint density at radius 3 is 2.81 bits per heavy atom. The van der Waals surface area contributed by atoms with Crippen LogP contribution in [0.1, 0.15) is 38.2 Å². The molecule has 1 aliphatic carbocycles. The van der Waals surface area contributed by atoms with Gasteiger partial charge < -0.3 is 0 Å². The third-order valence-electron chi connectivity index (χ3n) is 3.77. The van der Waals surface area contributed by atoms with Crippen LogP contribution in [-0.4, -0.2) is 15.7 Å². The van der Waals surface area contributed by atoms with Crippen molar-refractivity contribution in [2.75, 3.05) is 5.88 Å². The summed E-state index contributed by atoms with van der Waals surface area (Å²) in [5, 5.41) is 4.32. The minimum Gasteiger partial charge on any atom is -0.273 e. The number of nitrogens with zero attached hydrogens (tertiary/aromatic N) is 2. The number of aryl methyl sites for hydroxylation is 1. The molecule has 1 saturated carbocycles. The van der Waals surface area contributed by atoms with Gasteiger partial charge in [-0.1, -0.05) is 25.7 Å². The van der Waals surface area contributed by atoms with Crippen LogP contribution in [0.15, 0.2) is 12.4 Å². The number of hydrogen-bond acceptors (Lipinski definition) is 1. The topological polar surface area (TPSA) is 17.8 Å². The van der Waals surface area contributed by atoms with Crippen molar-refractivity contribution >= 4 is 11.6 Å². The molecule has 1 aliphatic rings. The molecule has 3 heteroatoms. The summed E-state index contributed by atoms with van der Waals surface area (Å²) >= 11 is 6.11. The Morgan fingerprint density at radius 1 is 1.50 bits per heavy atom. The van der Waals surface area contributed by atoms with Gasteiger partial charge in [0.15, 0.2) is 0 Å². The first-order valence-corrected chi connectivity index (χ1v) is 6.94.